The number of halogens is 3. The van der Waals surface area contributed by atoms with Gasteiger partial charge in [0.15, 0.2) is 0 Å². The Labute approximate surface area is 219 Å². The average molecular weight is 525 g/mol. The van der Waals surface area contributed by atoms with Gasteiger partial charge in [-0.05, 0) is 73.4 Å². The molecule has 2 atom stereocenters. The predicted octanol–water partition coefficient (Wildman–Crippen LogP) is 9.34. The number of nitrogens with zero attached hydrogens (tertiary/aromatic N) is 1. The molecule has 0 amide bonds. The lowest BCUT2D eigenvalue weighted by atomic mass is 10.0. The van der Waals surface area contributed by atoms with Crippen LogP contribution in [-0.2, 0) is 6.61 Å². The molecule has 1 heterocycles. The van der Waals surface area contributed by atoms with E-state index >= 15 is 0 Å². The molecule has 3 aromatic carbocycles. The van der Waals surface area contributed by atoms with E-state index in [1.807, 2.05) is 18.2 Å². The fraction of sp³-hybridized carbons (Fsp3) is 0.276. The summed E-state index contributed by atoms with van der Waals surface area (Å²) in [6.45, 7) is 2.42. The van der Waals surface area contributed by atoms with Gasteiger partial charge in [0.25, 0.3) is 0 Å². The topological polar surface area (TPSA) is 35.3 Å². The van der Waals surface area contributed by atoms with E-state index < -0.39 is 0 Å². The molecule has 0 N–H and O–H groups in total. The number of rotatable bonds is 7. The second-order valence-corrected chi connectivity index (χ2v) is 10.8. The van der Waals surface area contributed by atoms with Crippen molar-refractivity contribution in [2.24, 2.45) is 0 Å². The minimum Gasteiger partial charge on any atom is -0.489 e. The first kappa shape index (κ1) is 23.0. The number of hydrogen-bond acceptors (Lipinski definition) is 3. The van der Waals surface area contributed by atoms with E-state index in [4.69, 9.17) is 44.1 Å². The Bertz CT molecular complexity index is 1370. The molecule has 1 aromatic heterocycles. The summed E-state index contributed by atoms with van der Waals surface area (Å²) in [6.07, 6.45) is 3.29. The van der Waals surface area contributed by atoms with Crippen molar-refractivity contribution < 1.29 is 9.26 Å². The smallest absolute Gasteiger partial charge is 0.147 e. The fourth-order valence-corrected chi connectivity index (χ4v) is 5.71. The molecule has 0 spiro atoms. The average Bonchev–Trinajstić information content (AvgIpc) is 3.77. The molecule has 6 rings (SSSR count). The van der Waals surface area contributed by atoms with E-state index in [9.17, 15) is 0 Å². The Morgan fingerprint density at radius 3 is 2.34 bits per heavy atom. The summed E-state index contributed by atoms with van der Waals surface area (Å²) in [5, 5.41) is 6.15. The molecule has 178 valence electrons. The number of hydrogen-bond donors (Lipinski definition) is 0. The van der Waals surface area contributed by atoms with E-state index in [1.165, 1.54) is 16.7 Å². The quantitative estimate of drug-likeness (QED) is 0.241. The first-order chi connectivity index (χ1) is 17.0. The Hall–Kier alpha value is -2.46. The van der Waals surface area contributed by atoms with Gasteiger partial charge in [-0.3, -0.25) is 0 Å². The van der Waals surface area contributed by atoms with Crippen LogP contribution in [0.4, 0.5) is 0 Å². The van der Waals surface area contributed by atoms with Gasteiger partial charge < -0.3 is 9.26 Å². The van der Waals surface area contributed by atoms with Crippen molar-refractivity contribution in [2.45, 2.75) is 50.5 Å². The highest BCUT2D eigenvalue weighted by Gasteiger charge is 2.40. The van der Waals surface area contributed by atoms with Crippen molar-refractivity contribution >= 4 is 34.8 Å². The van der Waals surface area contributed by atoms with Gasteiger partial charge in [0.2, 0.25) is 0 Å². The second kappa shape index (κ2) is 9.20. The maximum absolute atomic E-state index is 6.72. The van der Waals surface area contributed by atoms with Crippen LogP contribution in [0.2, 0.25) is 15.1 Å². The molecule has 2 saturated carbocycles. The van der Waals surface area contributed by atoms with Gasteiger partial charge in [0.05, 0.1) is 15.6 Å². The standard InChI is InChI=1S/C29H24Cl3NO2/c1-16-5-7-17(8-6-16)21-14-22(21)20-12-11-19(13-26(20)32)34-15-23-28(33-35-29(23)18-9-10-18)27-24(30)3-2-4-25(27)31/h2-8,11-13,18,21-22H,9-10,14-15H2,1H3. The highest BCUT2D eigenvalue weighted by molar-refractivity contribution is 6.39. The minimum absolute atomic E-state index is 0.303. The molecule has 6 heteroatoms. The molecule has 35 heavy (non-hydrogen) atoms. The van der Waals surface area contributed by atoms with Crippen molar-refractivity contribution in [2.75, 3.05) is 0 Å². The molecule has 2 aliphatic rings. The Morgan fingerprint density at radius 1 is 0.914 bits per heavy atom. The van der Waals surface area contributed by atoms with Gasteiger partial charge in [-0.25, -0.2) is 0 Å². The predicted molar refractivity (Wildman–Crippen MR) is 141 cm³/mol. The van der Waals surface area contributed by atoms with Gasteiger partial charge in [-0.1, -0.05) is 81.9 Å². The van der Waals surface area contributed by atoms with Crippen LogP contribution in [0.3, 0.4) is 0 Å². The zero-order chi connectivity index (χ0) is 24.1. The maximum Gasteiger partial charge on any atom is 0.147 e. The molecule has 0 saturated heterocycles. The highest BCUT2D eigenvalue weighted by Crippen LogP contribution is 2.56. The van der Waals surface area contributed by atoms with Crippen molar-refractivity contribution in [1.29, 1.82) is 0 Å². The molecule has 4 aromatic rings. The first-order valence-corrected chi connectivity index (χ1v) is 13.0. The van der Waals surface area contributed by atoms with Crippen molar-refractivity contribution in [1.82, 2.24) is 5.16 Å². The van der Waals surface area contributed by atoms with Gasteiger partial charge in [-0.15, -0.1) is 0 Å². The van der Waals surface area contributed by atoms with E-state index in [1.54, 1.807) is 12.1 Å². The van der Waals surface area contributed by atoms with Crippen LogP contribution in [-0.4, -0.2) is 5.16 Å². The first-order valence-electron chi connectivity index (χ1n) is 11.9. The third-order valence-electron chi connectivity index (χ3n) is 7.02. The molecule has 0 aliphatic heterocycles. The van der Waals surface area contributed by atoms with Crippen LogP contribution in [0.5, 0.6) is 5.75 Å². The minimum atomic E-state index is 0.303. The summed E-state index contributed by atoms with van der Waals surface area (Å²) in [6, 6.07) is 20.2. The van der Waals surface area contributed by atoms with Gasteiger partial charge in [-0.2, -0.15) is 0 Å². The second-order valence-electron chi connectivity index (χ2n) is 9.58. The summed E-state index contributed by atoms with van der Waals surface area (Å²) in [5.74, 6) is 2.92. The lowest BCUT2D eigenvalue weighted by Crippen LogP contribution is -2.00. The van der Waals surface area contributed by atoms with Crippen LogP contribution in [0.15, 0.2) is 65.2 Å². The van der Waals surface area contributed by atoms with Gasteiger partial charge >= 0.3 is 0 Å². The number of aryl methyl sites for hydroxylation is 1. The number of ether oxygens (including phenoxy) is 1. The lowest BCUT2D eigenvalue weighted by molar-refractivity contribution is 0.300. The summed E-state index contributed by atoms with van der Waals surface area (Å²) in [7, 11) is 0. The van der Waals surface area contributed by atoms with Crippen LogP contribution >= 0.6 is 34.8 Å². The van der Waals surface area contributed by atoms with E-state index in [0.717, 1.165) is 35.6 Å². The zero-order valence-corrected chi connectivity index (χ0v) is 21.5. The molecular weight excluding hydrogens is 501 g/mol. The summed E-state index contributed by atoms with van der Waals surface area (Å²) in [5.41, 5.74) is 6.05. The molecule has 2 aliphatic carbocycles. The Kier molecular flexibility index (Phi) is 6.04. The molecule has 0 radical (unpaired) electrons. The SMILES string of the molecule is Cc1ccc(C2CC2c2ccc(OCc3c(-c4c(Cl)cccc4Cl)noc3C3CC3)cc2Cl)cc1. The van der Waals surface area contributed by atoms with Crippen molar-refractivity contribution in [3.8, 4) is 17.0 Å². The van der Waals surface area contributed by atoms with Crippen molar-refractivity contribution in [3.63, 3.8) is 0 Å². The monoisotopic (exact) mass is 523 g/mol. The maximum atomic E-state index is 6.72. The van der Waals surface area contributed by atoms with Gasteiger partial charge in [0, 0.05) is 16.5 Å². The van der Waals surface area contributed by atoms with Crippen LogP contribution in [0, 0.1) is 6.92 Å². The molecular formula is C29H24Cl3NO2. The van der Waals surface area contributed by atoms with Crippen LogP contribution in [0.25, 0.3) is 11.3 Å². The molecule has 3 nitrogen and oxygen atoms in total. The number of aromatic nitrogens is 1. The Balaban J connectivity index is 1.22. The highest BCUT2D eigenvalue weighted by atomic mass is 35.5. The Morgan fingerprint density at radius 2 is 1.66 bits per heavy atom. The zero-order valence-electron chi connectivity index (χ0n) is 19.2. The van der Waals surface area contributed by atoms with E-state index in [2.05, 4.69) is 42.4 Å². The summed E-state index contributed by atoms with van der Waals surface area (Å²) < 4.78 is 11.9. The molecule has 0 bridgehead atoms. The van der Waals surface area contributed by atoms with Crippen LogP contribution < -0.4 is 4.74 Å². The molecule has 2 unspecified atom stereocenters. The summed E-state index contributed by atoms with van der Waals surface area (Å²) in [4.78, 5) is 0. The third kappa shape index (κ3) is 4.58. The lowest BCUT2D eigenvalue weighted by Gasteiger charge is -2.11. The van der Waals surface area contributed by atoms with Crippen LogP contribution in [0.1, 0.15) is 65.0 Å². The normalized spacial score (nSPS) is 19.1. The van der Waals surface area contributed by atoms with Crippen molar-refractivity contribution in [3.05, 3.63) is 104 Å². The van der Waals surface area contributed by atoms with E-state index in [0.29, 0.717) is 51.4 Å². The van der Waals surface area contributed by atoms with E-state index in [-0.39, 0.29) is 0 Å². The van der Waals surface area contributed by atoms with Gasteiger partial charge in [0.1, 0.15) is 23.8 Å². The third-order valence-corrected chi connectivity index (χ3v) is 7.97. The number of benzene rings is 3. The molecule has 2 fully saturated rings. The fourth-order valence-electron chi connectivity index (χ4n) is 4.82. The largest absolute Gasteiger partial charge is 0.489 e. The summed E-state index contributed by atoms with van der Waals surface area (Å²) >= 11 is 19.7.